The van der Waals surface area contributed by atoms with Gasteiger partial charge in [-0.15, -0.1) is 0 Å². The maximum atomic E-state index is 12.6. The third kappa shape index (κ3) is 3.74. The molecule has 0 bridgehead atoms. The van der Waals surface area contributed by atoms with E-state index in [-0.39, 0.29) is 5.91 Å². The van der Waals surface area contributed by atoms with Gasteiger partial charge in [-0.1, -0.05) is 29.8 Å². The van der Waals surface area contributed by atoms with Crippen LogP contribution in [0.5, 0.6) is 0 Å². The number of benzene rings is 1. The van der Waals surface area contributed by atoms with Crippen molar-refractivity contribution in [1.82, 2.24) is 20.0 Å². The van der Waals surface area contributed by atoms with Gasteiger partial charge in [-0.2, -0.15) is 5.10 Å². The van der Waals surface area contributed by atoms with Crippen LogP contribution in [0.25, 0.3) is 0 Å². The summed E-state index contributed by atoms with van der Waals surface area (Å²) in [6.45, 7) is 6.19. The van der Waals surface area contributed by atoms with Gasteiger partial charge in [-0.05, 0) is 25.5 Å². The van der Waals surface area contributed by atoms with E-state index in [1.54, 1.807) is 17.1 Å². The molecule has 5 nitrogen and oxygen atoms in total. The summed E-state index contributed by atoms with van der Waals surface area (Å²) in [5.74, 6) is 0.0376. The zero-order valence-corrected chi connectivity index (χ0v) is 14.1. The molecule has 1 aromatic carbocycles. The Morgan fingerprint density at radius 3 is 2.70 bits per heavy atom. The second-order valence-electron chi connectivity index (χ2n) is 6.20. The van der Waals surface area contributed by atoms with Crippen LogP contribution in [0, 0.1) is 0 Å². The van der Waals surface area contributed by atoms with Crippen molar-refractivity contribution >= 4 is 17.5 Å². The molecule has 2 atom stereocenters. The van der Waals surface area contributed by atoms with E-state index in [2.05, 4.69) is 24.3 Å². The molecule has 1 fully saturated rings. The number of hydrogen-bond donors (Lipinski definition) is 1. The van der Waals surface area contributed by atoms with E-state index in [0.717, 1.165) is 18.7 Å². The first-order valence-electron chi connectivity index (χ1n) is 7.84. The van der Waals surface area contributed by atoms with Crippen molar-refractivity contribution in [2.45, 2.75) is 32.5 Å². The van der Waals surface area contributed by atoms with Crippen molar-refractivity contribution in [3.8, 4) is 0 Å². The first-order valence-corrected chi connectivity index (χ1v) is 8.22. The van der Waals surface area contributed by atoms with Crippen molar-refractivity contribution in [3.05, 3.63) is 52.8 Å². The molecule has 3 rings (SSSR count). The standard InChI is InChI=1S/C17H21ClN4O/c1-12-8-21(9-13(2)20-12)17(23)15-7-19-22(11-15)10-14-5-3-4-6-16(14)18/h3-7,11-13,20H,8-10H2,1-2H3/t12-,13-/m1/s1. The van der Waals surface area contributed by atoms with E-state index in [1.165, 1.54) is 0 Å². The van der Waals surface area contributed by atoms with E-state index in [9.17, 15) is 4.79 Å². The van der Waals surface area contributed by atoms with E-state index in [0.29, 0.717) is 29.2 Å². The molecule has 1 N–H and O–H groups in total. The topological polar surface area (TPSA) is 50.2 Å². The van der Waals surface area contributed by atoms with Gasteiger partial charge in [-0.3, -0.25) is 9.48 Å². The Hall–Kier alpha value is -1.85. The van der Waals surface area contributed by atoms with E-state index in [1.807, 2.05) is 29.2 Å². The maximum Gasteiger partial charge on any atom is 0.257 e. The quantitative estimate of drug-likeness (QED) is 0.939. The molecule has 2 heterocycles. The number of carbonyl (C=O) groups is 1. The minimum absolute atomic E-state index is 0.0376. The minimum atomic E-state index is 0.0376. The Kier molecular flexibility index (Phi) is 4.68. The van der Waals surface area contributed by atoms with Crippen LogP contribution in [0.15, 0.2) is 36.7 Å². The van der Waals surface area contributed by atoms with Crippen molar-refractivity contribution < 1.29 is 4.79 Å². The largest absolute Gasteiger partial charge is 0.335 e. The first-order chi connectivity index (χ1) is 11.0. The third-order valence-corrected chi connectivity index (χ3v) is 4.38. The zero-order valence-electron chi connectivity index (χ0n) is 13.4. The molecular formula is C17H21ClN4O. The van der Waals surface area contributed by atoms with Gasteiger partial charge in [-0.25, -0.2) is 0 Å². The molecule has 122 valence electrons. The highest BCUT2D eigenvalue weighted by atomic mass is 35.5. The summed E-state index contributed by atoms with van der Waals surface area (Å²) in [6, 6.07) is 8.28. The number of rotatable bonds is 3. The van der Waals surface area contributed by atoms with Gasteiger partial charge >= 0.3 is 0 Å². The Morgan fingerprint density at radius 2 is 2.00 bits per heavy atom. The summed E-state index contributed by atoms with van der Waals surface area (Å²) in [6.07, 6.45) is 3.43. The summed E-state index contributed by atoms with van der Waals surface area (Å²) >= 11 is 6.17. The lowest BCUT2D eigenvalue weighted by atomic mass is 10.1. The molecule has 23 heavy (non-hydrogen) atoms. The summed E-state index contributed by atoms with van der Waals surface area (Å²) in [7, 11) is 0. The number of nitrogens with zero attached hydrogens (tertiary/aromatic N) is 3. The lowest BCUT2D eigenvalue weighted by molar-refractivity contribution is 0.0673. The molecule has 6 heteroatoms. The molecule has 0 spiro atoms. The second kappa shape index (κ2) is 6.72. The molecule has 0 unspecified atom stereocenters. The Bertz CT molecular complexity index is 689. The predicted molar refractivity (Wildman–Crippen MR) is 90.7 cm³/mol. The fraction of sp³-hybridized carbons (Fsp3) is 0.412. The molecule has 1 saturated heterocycles. The Labute approximate surface area is 141 Å². The second-order valence-corrected chi connectivity index (χ2v) is 6.60. The normalized spacial score (nSPS) is 21.4. The van der Waals surface area contributed by atoms with Gasteiger partial charge in [0.2, 0.25) is 0 Å². The fourth-order valence-corrected chi connectivity index (χ4v) is 3.23. The lowest BCUT2D eigenvalue weighted by Crippen LogP contribution is -2.55. The van der Waals surface area contributed by atoms with Gasteiger partial charge < -0.3 is 10.2 Å². The van der Waals surface area contributed by atoms with Gasteiger partial charge in [0.25, 0.3) is 5.91 Å². The van der Waals surface area contributed by atoms with Crippen molar-refractivity contribution in [1.29, 1.82) is 0 Å². The number of carbonyl (C=O) groups excluding carboxylic acids is 1. The highest BCUT2D eigenvalue weighted by Gasteiger charge is 2.26. The van der Waals surface area contributed by atoms with Gasteiger partial charge in [0, 0.05) is 36.4 Å². The van der Waals surface area contributed by atoms with E-state index in [4.69, 9.17) is 11.6 Å². The van der Waals surface area contributed by atoms with E-state index >= 15 is 0 Å². The van der Waals surface area contributed by atoms with Crippen molar-refractivity contribution in [2.75, 3.05) is 13.1 Å². The van der Waals surface area contributed by atoms with Crippen LogP contribution in [0.1, 0.15) is 29.8 Å². The molecule has 1 aliphatic heterocycles. The lowest BCUT2D eigenvalue weighted by Gasteiger charge is -2.35. The average Bonchev–Trinajstić information content (AvgIpc) is 2.96. The molecule has 0 aliphatic carbocycles. The van der Waals surface area contributed by atoms with Crippen LogP contribution in [0.2, 0.25) is 5.02 Å². The summed E-state index contributed by atoms with van der Waals surface area (Å²) in [5.41, 5.74) is 1.61. The first kappa shape index (κ1) is 16.0. The smallest absolute Gasteiger partial charge is 0.257 e. The number of aromatic nitrogens is 2. The molecule has 0 saturated carbocycles. The van der Waals surface area contributed by atoms with Crippen molar-refractivity contribution in [2.24, 2.45) is 0 Å². The van der Waals surface area contributed by atoms with Gasteiger partial charge in [0.05, 0.1) is 18.3 Å². The number of hydrogen-bond acceptors (Lipinski definition) is 3. The molecule has 0 radical (unpaired) electrons. The van der Waals surface area contributed by atoms with Crippen LogP contribution >= 0.6 is 11.6 Å². The van der Waals surface area contributed by atoms with Crippen LogP contribution in [0.4, 0.5) is 0 Å². The zero-order chi connectivity index (χ0) is 16.4. The van der Waals surface area contributed by atoms with Crippen molar-refractivity contribution in [3.63, 3.8) is 0 Å². The summed E-state index contributed by atoms with van der Waals surface area (Å²) in [5, 5.41) is 8.44. The van der Waals surface area contributed by atoms with Crippen LogP contribution in [0.3, 0.4) is 0 Å². The van der Waals surface area contributed by atoms with E-state index < -0.39 is 0 Å². The molecule has 1 aliphatic rings. The molecule has 1 amide bonds. The summed E-state index contributed by atoms with van der Waals surface area (Å²) in [4.78, 5) is 14.5. The fourth-order valence-electron chi connectivity index (χ4n) is 3.04. The van der Waals surface area contributed by atoms with Gasteiger partial charge in [0.1, 0.15) is 0 Å². The monoisotopic (exact) mass is 332 g/mol. The number of amides is 1. The maximum absolute atomic E-state index is 12.6. The molecule has 1 aromatic heterocycles. The summed E-state index contributed by atoms with van der Waals surface area (Å²) < 4.78 is 1.75. The Balaban J connectivity index is 1.71. The van der Waals surface area contributed by atoms with Crippen LogP contribution in [-0.2, 0) is 6.54 Å². The number of piperazine rings is 1. The molecule has 2 aromatic rings. The van der Waals surface area contributed by atoms with Crippen LogP contribution in [-0.4, -0.2) is 45.8 Å². The highest BCUT2D eigenvalue weighted by molar-refractivity contribution is 6.31. The molecular weight excluding hydrogens is 312 g/mol. The number of nitrogens with one attached hydrogen (secondary N) is 1. The highest BCUT2D eigenvalue weighted by Crippen LogP contribution is 2.16. The van der Waals surface area contributed by atoms with Gasteiger partial charge in [0.15, 0.2) is 0 Å². The minimum Gasteiger partial charge on any atom is -0.335 e. The average molecular weight is 333 g/mol. The van der Waals surface area contributed by atoms with Crippen LogP contribution < -0.4 is 5.32 Å². The predicted octanol–water partition coefficient (Wildman–Crippen LogP) is 2.41. The number of halogens is 1. The third-order valence-electron chi connectivity index (χ3n) is 4.02. The SMILES string of the molecule is C[C@@H]1CN(C(=O)c2cnn(Cc3ccccc3Cl)c2)C[C@@H](C)N1. The Morgan fingerprint density at radius 1 is 1.30 bits per heavy atom.